The molecule has 0 saturated heterocycles. The molecule has 0 amide bonds. The number of ether oxygens (including phenoxy) is 1. The molecule has 0 fully saturated rings. The summed E-state index contributed by atoms with van der Waals surface area (Å²) >= 11 is 0. The van der Waals surface area contributed by atoms with Crippen LogP contribution in [-0.4, -0.2) is 28.8 Å². The highest BCUT2D eigenvalue weighted by atomic mass is 16.7. The highest BCUT2D eigenvalue weighted by molar-refractivity contribution is 5.75. The van der Waals surface area contributed by atoms with Gasteiger partial charge in [-0.1, -0.05) is 30.3 Å². The number of benzene rings is 1. The second-order valence-electron chi connectivity index (χ2n) is 6.04. The van der Waals surface area contributed by atoms with Crippen LogP contribution in [0, 0.1) is 0 Å². The maximum Gasteiger partial charge on any atom is 0.332 e. The largest absolute Gasteiger partial charge is 0.369 e. The summed E-state index contributed by atoms with van der Waals surface area (Å²) in [4.78, 5) is 34.1. The smallest absolute Gasteiger partial charge is 0.332 e. The van der Waals surface area contributed by atoms with Crippen LogP contribution in [0.4, 0.5) is 17.5 Å². The zero-order valence-corrected chi connectivity index (χ0v) is 15.2. The van der Waals surface area contributed by atoms with Crippen LogP contribution in [-0.2, 0) is 27.5 Å². The van der Waals surface area contributed by atoms with Gasteiger partial charge in [0.05, 0.1) is 0 Å². The van der Waals surface area contributed by atoms with Gasteiger partial charge in [0.25, 0.3) is 5.56 Å². The number of hydrogen-bond acceptors (Lipinski definition) is 8. The van der Waals surface area contributed by atoms with E-state index in [1.165, 1.54) is 15.2 Å². The van der Waals surface area contributed by atoms with E-state index < -0.39 is 0 Å². The summed E-state index contributed by atoms with van der Waals surface area (Å²) in [5.41, 5.74) is 6.89. The third kappa shape index (κ3) is 4.37. The monoisotopic (exact) mass is 373 g/mol. The van der Waals surface area contributed by atoms with Gasteiger partial charge in [0.2, 0.25) is 5.95 Å². The van der Waals surface area contributed by atoms with Gasteiger partial charge < -0.3 is 20.6 Å². The average molecular weight is 373 g/mol. The second-order valence-corrected chi connectivity index (χ2v) is 6.04. The molecule has 9 nitrogen and oxygen atoms in total. The molecule has 1 aromatic carbocycles. The summed E-state index contributed by atoms with van der Waals surface area (Å²) in [7, 11) is 0. The Balaban J connectivity index is 1.60. The molecule has 2 aromatic rings. The molecular formula is C18H23N5O4. The number of nitrogens with two attached hydrogens (primary N) is 1. The van der Waals surface area contributed by atoms with Gasteiger partial charge in [-0.15, -0.1) is 0 Å². The number of nitrogens with one attached hydrogen (secondary N) is 1. The molecule has 3 rings (SSSR count). The van der Waals surface area contributed by atoms with Crippen LogP contribution in [0.2, 0.25) is 0 Å². The number of carbonyl (C=O) groups is 1. The van der Waals surface area contributed by atoms with Crippen molar-refractivity contribution in [3.63, 3.8) is 0 Å². The van der Waals surface area contributed by atoms with Crippen LogP contribution >= 0.6 is 0 Å². The van der Waals surface area contributed by atoms with Gasteiger partial charge in [0, 0.05) is 13.0 Å². The summed E-state index contributed by atoms with van der Waals surface area (Å²) < 4.78 is 6.45. The third-order valence-electron chi connectivity index (χ3n) is 4.14. The average Bonchev–Trinajstić information content (AvgIpc) is 3.05. The lowest BCUT2D eigenvalue weighted by Crippen LogP contribution is -2.28. The molecule has 0 saturated carbocycles. The molecule has 0 unspecified atom stereocenters. The van der Waals surface area contributed by atoms with Crippen LogP contribution in [0.25, 0.3) is 0 Å². The summed E-state index contributed by atoms with van der Waals surface area (Å²) in [6.45, 7) is 2.42. The number of aryl methyl sites for hydroxylation is 1. The van der Waals surface area contributed by atoms with Crippen molar-refractivity contribution < 1.29 is 14.4 Å². The van der Waals surface area contributed by atoms with E-state index in [0.29, 0.717) is 13.0 Å². The number of hydrogen-bond donors (Lipinski definition) is 2. The van der Waals surface area contributed by atoms with Crippen molar-refractivity contribution in [3.8, 4) is 0 Å². The number of nitrogen functional groups attached to an aromatic ring is 1. The van der Waals surface area contributed by atoms with Crippen LogP contribution < -0.4 is 21.7 Å². The summed E-state index contributed by atoms with van der Waals surface area (Å²) in [5, 5.41) is 4.14. The third-order valence-corrected chi connectivity index (χ3v) is 4.14. The molecule has 144 valence electrons. The van der Waals surface area contributed by atoms with Crippen molar-refractivity contribution in [1.29, 1.82) is 0 Å². The molecule has 1 aromatic heterocycles. The van der Waals surface area contributed by atoms with E-state index in [4.69, 9.17) is 15.3 Å². The standard InChI is InChI=1S/C18H23N5O4/c1-2-26-12-22-17(25)15-16(21-18(22)19)23(11-20-15)27-14(24)10-6-9-13-7-4-3-5-8-13/h3-5,7-8,20H,2,6,9-12H2,1H3,(H2,19,21). The Kier molecular flexibility index (Phi) is 5.92. The predicted octanol–water partition coefficient (Wildman–Crippen LogP) is 1.49. The molecule has 27 heavy (non-hydrogen) atoms. The first kappa shape index (κ1) is 18.7. The lowest BCUT2D eigenvalue weighted by atomic mass is 10.1. The topological polar surface area (TPSA) is 112 Å². The number of hydroxylamine groups is 1. The fraction of sp³-hybridized carbons (Fsp3) is 0.389. The SMILES string of the molecule is CCOCn1c(N)nc2c(c1=O)NCN2OC(=O)CCCc1ccccc1. The molecule has 0 spiro atoms. The minimum atomic E-state index is -0.389. The maximum atomic E-state index is 12.5. The van der Waals surface area contributed by atoms with E-state index in [1.807, 2.05) is 37.3 Å². The fourth-order valence-corrected chi connectivity index (χ4v) is 2.75. The van der Waals surface area contributed by atoms with E-state index in [0.717, 1.165) is 6.42 Å². The molecule has 0 bridgehead atoms. The summed E-state index contributed by atoms with van der Waals surface area (Å²) in [6, 6.07) is 9.93. The lowest BCUT2D eigenvalue weighted by molar-refractivity contribution is -0.145. The van der Waals surface area contributed by atoms with E-state index in [2.05, 4.69) is 10.3 Å². The van der Waals surface area contributed by atoms with Crippen LogP contribution in [0.15, 0.2) is 35.1 Å². The molecule has 1 aliphatic rings. The van der Waals surface area contributed by atoms with E-state index >= 15 is 0 Å². The Bertz CT molecular complexity index is 853. The minimum Gasteiger partial charge on any atom is -0.369 e. The van der Waals surface area contributed by atoms with Crippen molar-refractivity contribution in [2.45, 2.75) is 32.9 Å². The molecule has 0 radical (unpaired) electrons. The number of aromatic nitrogens is 2. The second kappa shape index (κ2) is 8.54. The molecular weight excluding hydrogens is 350 g/mol. The van der Waals surface area contributed by atoms with Gasteiger partial charge in [-0.3, -0.25) is 9.36 Å². The Hall–Kier alpha value is -3.07. The highest BCUT2D eigenvalue weighted by Gasteiger charge is 2.28. The Labute approximate surface area is 156 Å². The molecule has 2 heterocycles. The highest BCUT2D eigenvalue weighted by Crippen LogP contribution is 2.27. The molecule has 0 aliphatic carbocycles. The van der Waals surface area contributed by atoms with Gasteiger partial charge in [-0.25, -0.2) is 4.79 Å². The quantitative estimate of drug-likeness (QED) is 0.716. The number of carbonyl (C=O) groups excluding carboxylic acids is 1. The first-order valence-electron chi connectivity index (χ1n) is 8.84. The van der Waals surface area contributed by atoms with Crippen molar-refractivity contribution in [1.82, 2.24) is 9.55 Å². The van der Waals surface area contributed by atoms with E-state index in [1.54, 1.807) is 0 Å². The zero-order valence-electron chi connectivity index (χ0n) is 15.2. The Morgan fingerprint density at radius 3 is 2.85 bits per heavy atom. The van der Waals surface area contributed by atoms with E-state index in [9.17, 15) is 9.59 Å². The number of anilines is 3. The first-order valence-corrected chi connectivity index (χ1v) is 8.84. The normalized spacial score (nSPS) is 12.6. The van der Waals surface area contributed by atoms with Gasteiger partial charge in [0.1, 0.15) is 19.1 Å². The van der Waals surface area contributed by atoms with Crippen LogP contribution in [0.1, 0.15) is 25.3 Å². The molecule has 0 atom stereocenters. The van der Waals surface area contributed by atoms with Gasteiger partial charge in [-0.05, 0) is 25.3 Å². The van der Waals surface area contributed by atoms with Crippen LogP contribution in [0.3, 0.4) is 0 Å². The molecule has 1 aliphatic heterocycles. The minimum absolute atomic E-state index is 0.000951. The predicted molar refractivity (Wildman–Crippen MR) is 101 cm³/mol. The fourth-order valence-electron chi connectivity index (χ4n) is 2.75. The van der Waals surface area contributed by atoms with Crippen molar-refractivity contribution in [3.05, 3.63) is 46.2 Å². The zero-order chi connectivity index (χ0) is 19.2. The summed E-state index contributed by atoms with van der Waals surface area (Å²) in [6.07, 6.45) is 1.72. The van der Waals surface area contributed by atoms with Crippen molar-refractivity contribution >= 4 is 23.4 Å². The Morgan fingerprint density at radius 2 is 2.11 bits per heavy atom. The van der Waals surface area contributed by atoms with Crippen LogP contribution in [0.5, 0.6) is 0 Å². The van der Waals surface area contributed by atoms with Crippen molar-refractivity contribution in [2.75, 3.05) is 29.4 Å². The first-order chi connectivity index (χ1) is 13.1. The van der Waals surface area contributed by atoms with E-state index in [-0.39, 0.29) is 48.8 Å². The van der Waals surface area contributed by atoms with Crippen molar-refractivity contribution in [2.24, 2.45) is 0 Å². The molecule has 3 N–H and O–H groups in total. The van der Waals surface area contributed by atoms with Gasteiger partial charge in [-0.2, -0.15) is 10.0 Å². The van der Waals surface area contributed by atoms with Gasteiger partial charge >= 0.3 is 5.97 Å². The maximum absolute atomic E-state index is 12.5. The Morgan fingerprint density at radius 1 is 1.33 bits per heavy atom. The number of rotatable bonds is 8. The molecule has 9 heteroatoms. The summed E-state index contributed by atoms with van der Waals surface area (Å²) in [5.74, 6) is -0.179. The number of nitrogens with zero attached hydrogens (tertiary/aromatic N) is 3. The number of fused-ring (bicyclic) bond motifs is 1. The van der Waals surface area contributed by atoms with Gasteiger partial charge in [0.15, 0.2) is 5.82 Å². The lowest BCUT2D eigenvalue weighted by Gasteiger charge is -2.16.